The molecule has 2 aliphatic heterocycles. The molecule has 45 heavy (non-hydrogen) atoms. The lowest BCUT2D eigenvalue weighted by molar-refractivity contribution is -0.384. The standard InChI is InChI=1S/C33H38N4O6.ClH.H2O/c1-24-33(32(39)42-2,36(23-38)17-6-16-35-18-13-26(14-19-35)25-7-4-3-5-8-25)30(21-31(34-24)28-15-20-43-22-28)27-9-11-29(12-10-27)37(40)41;;/h3-5,7-12,15,20-24,26,30,34H,6,13-14,16-19H2,1-2H3;1H;1H2. The maximum absolute atomic E-state index is 13.9. The van der Waals surface area contributed by atoms with Gasteiger partial charge in [-0.1, -0.05) is 42.5 Å². The second-order valence-electron chi connectivity index (χ2n) is 11.3. The highest BCUT2D eigenvalue weighted by Gasteiger charge is 2.57. The predicted molar refractivity (Wildman–Crippen MR) is 173 cm³/mol. The van der Waals surface area contributed by atoms with E-state index < -0.39 is 28.4 Å². The fraction of sp³-hybridized carbons (Fsp3) is 0.394. The number of carbonyl (C=O) groups is 2. The number of nitrogens with zero attached hydrogens (tertiary/aromatic N) is 3. The van der Waals surface area contributed by atoms with E-state index in [0.29, 0.717) is 24.4 Å². The number of halogens is 1. The lowest BCUT2D eigenvalue weighted by Gasteiger charge is -2.50. The zero-order valence-electron chi connectivity index (χ0n) is 25.5. The summed E-state index contributed by atoms with van der Waals surface area (Å²) >= 11 is 0. The number of methoxy groups -OCH3 is 1. The minimum Gasteiger partial charge on any atom is -0.472 e. The molecule has 12 heteroatoms. The molecule has 2 aromatic carbocycles. The molecule has 3 atom stereocenters. The van der Waals surface area contributed by atoms with E-state index in [9.17, 15) is 19.7 Å². The lowest BCUT2D eigenvalue weighted by Crippen LogP contribution is -2.69. The van der Waals surface area contributed by atoms with Gasteiger partial charge in [0.15, 0.2) is 5.54 Å². The third kappa shape index (κ3) is 7.22. The smallest absolute Gasteiger partial charge is 0.334 e. The Morgan fingerprint density at radius 3 is 2.40 bits per heavy atom. The Labute approximate surface area is 269 Å². The zero-order valence-corrected chi connectivity index (χ0v) is 26.3. The Hall–Kier alpha value is -4.19. The molecule has 242 valence electrons. The van der Waals surface area contributed by atoms with Gasteiger partial charge in [-0.05, 0) is 75.0 Å². The van der Waals surface area contributed by atoms with Gasteiger partial charge in [-0.3, -0.25) is 14.9 Å². The zero-order chi connectivity index (χ0) is 30.4. The number of furan rings is 1. The molecule has 3 heterocycles. The largest absolute Gasteiger partial charge is 0.472 e. The fourth-order valence-electron chi connectivity index (χ4n) is 6.72. The molecule has 5 rings (SSSR count). The van der Waals surface area contributed by atoms with Gasteiger partial charge in [0.2, 0.25) is 6.41 Å². The van der Waals surface area contributed by atoms with Crippen molar-refractivity contribution in [1.82, 2.24) is 15.1 Å². The Kier molecular flexibility index (Phi) is 12.3. The van der Waals surface area contributed by atoms with Gasteiger partial charge in [0.05, 0.1) is 30.6 Å². The number of piperidine rings is 1. The summed E-state index contributed by atoms with van der Waals surface area (Å²) in [6, 6.07) is 18.0. The van der Waals surface area contributed by atoms with Crippen molar-refractivity contribution in [2.45, 2.75) is 49.6 Å². The van der Waals surface area contributed by atoms with Crippen LogP contribution in [0.5, 0.6) is 0 Å². The molecule has 0 aliphatic carbocycles. The first kappa shape index (κ1) is 35.3. The molecule has 0 radical (unpaired) electrons. The Morgan fingerprint density at radius 2 is 1.82 bits per heavy atom. The highest BCUT2D eigenvalue weighted by Crippen LogP contribution is 2.44. The van der Waals surface area contributed by atoms with Crippen LogP contribution in [0.15, 0.2) is 83.7 Å². The minimum atomic E-state index is -1.44. The number of nitrogens with one attached hydrogen (secondary N) is 1. The number of ether oxygens (including phenoxy) is 1. The number of amides is 1. The topological polar surface area (TPSA) is 150 Å². The average Bonchev–Trinajstić information content (AvgIpc) is 3.59. The summed E-state index contributed by atoms with van der Waals surface area (Å²) in [7, 11) is 1.32. The molecule has 1 fully saturated rings. The number of likely N-dealkylation sites (tertiary alicyclic amines) is 1. The number of benzene rings is 2. The van der Waals surface area contributed by atoms with Gasteiger partial charge < -0.3 is 29.7 Å². The number of carbonyl (C=O) groups excluding carboxylic acids is 2. The molecule has 3 aromatic rings. The van der Waals surface area contributed by atoms with Crippen LogP contribution in [0.1, 0.15) is 54.7 Å². The van der Waals surface area contributed by atoms with Crippen molar-refractivity contribution in [3.8, 4) is 0 Å². The molecular weight excluding hydrogens is 600 g/mol. The van der Waals surface area contributed by atoms with E-state index in [4.69, 9.17) is 9.15 Å². The lowest BCUT2D eigenvalue weighted by atomic mass is 9.70. The average molecular weight is 641 g/mol. The molecule has 0 spiro atoms. The molecule has 1 aromatic heterocycles. The van der Waals surface area contributed by atoms with E-state index in [1.165, 1.54) is 24.8 Å². The van der Waals surface area contributed by atoms with Crippen LogP contribution in [0, 0.1) is 10.1 Å². The summed E-state index contributed by atoms with van der Waals surface area (Å²) in [6.07, 6.45) is 8.61. The fourth-order valence-corrected chi connectivity index (χ4v) is 6.72. The molecule has 2 aliphatic rings. The van der Waals surface area contributed by atoms with Crippen LogP contribution in [0.4, 0.5) is 5.69 Å². The van der Waals surface area contributed by atoms with E-state index in [0.717, 1.165) is 50.1 Å². The number of rotatable bonds is 11. The van der Waals surface area contributed by atoms with Crippen molar-refractivity contribution >= 4 is 36.2 Å². The molecule has 3 unspecified atom stereocenters. The quantitative estimate of drug-likeness (QED) is 0.139. The highest BCUT2D eigenvalue weighted by atomic mass is 35.5. The van der Waals surface area contributed by atoms with E-state index in [1.807, 2.05) is 25.1 Å². The van der Waals surface area contributed by atoms with Crippen molar-refractivity contribution in [1.29, 1.82) is 0 Å². The van der Waals surface area contributed by atoms with Gasteiger partial charge in [-0.2, -0.15) is 0 Å². The van der Waals surface area contributed by atoms with E-state index in [2.05, 4.69) is 34.5 Å². The summed E-state index contributed by atoms with van der Waals surface area (Å²) in [5, 5.41) is 14.8. The minimum absolute atomic E-state index is 0. The van der Waals surface area contributed by atoms with Gasteiger partial charge in [-0.15, -0.1) is 12.4 Å². The SMILES string of the molecule is COC(=O)C1(N(C=O)CCCN2CCC(c3ccccc3)CC2)C(C)NC(c2ccoc2)=CC1c1ccc([N+](=O)[O-])cc1.Cl.O. The third-order valence-corrected chi connectivity index (χ3v) is 8.98. The van der Waals surface area contributed by atoms with Crippen LogP contribution in [0.3, 0.4) is 0 Å². The second kappa shape index (κ2) is 15.7. The number of non-ortho nitro benzene ring substituents is 1. The summed E-state index contributed by atoms with van der Waals surface area (Å²) in [5.74, 6) is -0.665. The van der Waals surface area contributed by atoms with E-state index in [-0.39, 0.29) is 23.6 Å². The molecule has 1 amide bonds. The Balaban J connectivity index is 0.00000276. The van der Waals surface area contributed by atoms with Gasteiger partial charge in [0.1, 0.15) is 0 Å². The monoisotopic (exact) mass is 640 g/mol. The molecule has 3 N–H and O–H groups in total. The molecule has 0 saturated carbocycles. The normalized spacial score (nSPS) is 21.7. The molecule has 1 saturated heterocycles. The van der Waals surface area contributed by atoms with Crippen LogP contribution in [0.2, 0.25) is 0 Å². The van der Waals surface area contributed by atoms with Crippen LogP contribution < -0.4 is 5.32 Å². The van der Waals surface area contributed by atoms with Gasteiger partial charge >= 0.3 is 5.97 Å². The third-order valence-electron chi connectivity index (χ3n) is 8.98. The maximum atomic E-state index is 13.9. The van der Waals surface area contributed by atoms with Crippen molar-refractivity contribution in [3.05, 3.63) is 106 Å². The summed E-state index contributed by atoms with van der Waals surface area (Å²) in [4.78, 5) is 41.6. The number of hydrogen-bond donors (Lipinski definition) is 1. The summed E-state index contributed by atoms with van der Waals surface area (Å²) in [5.41, 5.74) is 2.05. The first-order chi connectivity index (χ1) is 20.9. The van der Waals surface area contributed by atoms with E-state index in [1.54, 1.807) is 29.6 Å². The van der Waals surface area contributed by atoms with Crippen molar-refractivity contribution < 1.29 is 29.1 Å². The molecule has 11 nitrogen and oxygen atoms in total. The molecule has 0 bridgehead atoms. The van der Waals surface area contributed by atoms with Crippen molar-refractivity contribution in [2.24, 2.45) is 0 Å². The molecular formula is C33H41ClN4O7. The van der Waals surface area contributed by atoms with E-state index >= 15 is 0 Å². The first-order valence-electron chi connectivity index (χ1n) is 14.7. The highest BCUT2D eigenvalue weighted by molar-refractivity contribution is 5.89. The Bertz CT molecular complexity index is 1430. The number of hydrogen-bond acceptors (Lipinski definition) is 8. The van der Waals surface area contributed by atoms with Gasteiger partial charge in [0.25, 0.3) is 5.69 Å². The Morgan fingerprint density at radius 1 is 1.13 bits per heavy atom. The first-order valence-corrected chi connectivity index (χ1v) is 14.7. The van der Waals surface area contributed by atoms with Crippen LogP contribution in [-0.2, 0) is 14.3 Å². The summed E-state index contributed by atoms with van der Waals surface area (Å²) in [6.45, 7) is 4.93. The number of nitro benzene ring substituents is 1. The van der Waals surface area contributed by atoms with Gasteiger partial charge in [0, 0.05) is 35.9 Å². The van der Waals surface area contributed by atoms with Crippen LogP contribution in [-0.4, -0.2) is 77.4 Å². The van der Waals surface area contributed by atoms with Crippen molar-refractivity contribution in [2.75, 3.05) is 33.3 Å². The predicted octanol–water partition coefficient (Wildman–Crippen LogP) is 4.54. The van der Waals surface area contributed by atoms with Crippen LogP contribution >= 0.6 is 12.4 Å². The van der Waals surface area contributed by atoms with Gasteiger partial charge in [-0.25, -0.2) is 4.79 Å². The maximum Gasteiger partial charge on any atom is 0.334 e. The summed E-state index contributed by atoms with van der Waals surface area (Å²) < 4.78 is 10.7. The van der Waals surface area contributed by atoms with Crippen LogP contribution in [0.25, 0.3) is 5.70 Å². The second-order valence-corrected chi connectivity index (χ2v) is 11.3. The number of esters is 1. The van der Waals surface area contributed by atoms with Crippen molar-refractivity contribution in [3.63, 3.8) is 0 Å². The number of nitro groups is 1.